The topological polar surface area (TPSA) is 42.7 Å². The maximum atomic E-state index is 4.62. The lowest BCUT2D eigenvalue weighted by Crippen LogP contribution is -2.15. The van der Waals surface area contributed by atoms with Gasteiger partial charge in [-0.05, 0) is 31.0 Å². The molecular formula is C15H22N4. The van der Waals surface area contributed by atoms with Crippen LogP contribution < -0.4 is 5.32 Å². The molecule has 19 heavy (non-hydrogen) atoms. The third kappa shape index (κ3) is 3.89. The number of aromatic nitrogens is 3. The zero-order valence-electron chi connectivity index (χ0n) is 11.7. The third-order valence-corrected chi connectivity index (χ3v) is 3.32. The normalized spacial score (nSPS) is 11.1. The summed E-state index contributed by atoms with van der Waals surface area (Å²) >= 11 is 0. The van der Waals surface area contributed by atoms with Crippen molar-refractivity contribution in [3.05, 3.63) is 48.0 Å². The minimum atomic E-state index is 0.518. The van der Waals surface area contributed by atoms with Crippen LogP contribution in [0.4, 0.5) is 0 Å². The van der Waals surface area contributed by atoms with E-state index in [1.54, 1.807) is 0 Å². The van der Waals surface area contributed by atoms with Gasteiger partial charge in [-0.3, -0.25) is 9.67 Å². The van der Waals surface area contributed by atoms with Crippen molar-refractivity contribution >= 4 is 0 Å². The van der Waals surface area contributed by atoms with E-state index < -0.39 is 0 Å². The molecule has 0 bridgehead atoms. The van der Waals surface area contributed by atoms with Crippen LogP contribution in [0.3, 0.4) is 0 Å². The number of nitrogens with zero attached hydrogens (tertiary/aromatic N) is 3. The fourth-order valence-corrected chi connectivity index (χ4v) is 2.16. The molecule has 0 amide bonds. The Morgan fingerprint density at radius 3 is 2.58 bits per heavy atom. The maximum absolute atomic E-state index is 4.62. The summed E-state index contributed by atoms with van der Waals surface area (Å²) in [5.74, 6) is 0. The first-order valence-corrected chi connectivity index (χ1v) is 6.98. The minimum Gasteiger partial charge on any atom is -0.305 e. The summed E-state index contributed by atoms with van der Waals surface area (Å²) in [5, 5.41) is 7.99. The second-order valence-electron chi connectivity index (χ2n) is 4.68. The SMILES string of the molecule is CCC(CC)n1ccc(CNCc2ccccn2)n1. The quantitative estimate of drug-likeness (QED) is 0.830. The van der Waals surface area contributed by atoms with Crippen LogP contribution >= 0.6 is 0 Å². The highest BCUT2D eigenvalue weighted by atomic mass is 15.3. The van der Waals surface area contributed by atoms with Gasteiger partial charge in [0.1, 0.15) is 0 Å². The molecule has 102 valence electrons. The largest absolute Gasteiger partial charge is 0.305 e. The Kier molecular flexibility index (Phi) is 5.10. The predicted octanol–water partition coefficient (Wildman–Crippen LogP) is 2.93. The van der Waals surface area contributed by atoms with E-state index in [0.29, 0.717) is 6.04 Å². The van der Waals surface area contributed by atoms with Crippen LogP contribution in [-0.4, -0.2) is 14.8 Å². The van der Waals surface area contributed by atoms with Crippen molar-refractivity contribution in [1.82, 2.24) is 20.1 Å². The van der Waals surface area contributed by atoms with Crippen molar-refractivity contribution in [2.45, 2.75) is 45.8 Å². The van der Waals surface area contributed by atoms with Gasteiger partial charge in [0, 0.05) is 25.5 Å². The van der Waals surface area contributed by atoms with Crippen molar-refractivity contribution in [3.8, 4) is 0 Å². The fourth-order valence-electron chi connectivity index (χ4n) is 2.16. The molecule has 2 aromatic heterocycles. The molecule has 0 aliphatic carbocycles. The van der Waals surface area contributed by atoms with Crippen LogP contribution in [0, 0.1) is 0 Å². The molecule has 0 aliphatic heterocycles. The predicted molar refractivity (Wildman–Crippen MR) is 76.6 cm³/mol. The average Bonchev–Trinajstić information content (AvgIpc) is 2.90. The minimum absolute atomic E-state index is 0.518. The molecule has 0 fully saturated rings. The van der Waals surface area contributed by atoms with Crippen molar-refractivity contribution in [2.75, 3.05) is 0 Å². The van der Waals surface area contributed by atoms with Gasteiger partial charge in [-0.1, -0.05) is 19.9 Å². The summed E-state index contributed by atoms with van der Waals surface area (Å²) in [6.45, 7) is 5.96. The average molecular weight is 258 g/mol. The van der Waals surface area contributed by atoms with Crippen molar-refractivity contribution in [1.29, 1.82) is 0 Å². The molecule has 2 heterocycles. The Morgan fingerprint density at radius 2 is 1.89 bits per heavy atom. The van der Waals surface area contributed by atoms with Gasteiger partial charge in [0.2, 0.25) is 0 Å². The van der Waals surface area contributed by atoms with Crippen LogP contribution in [0.2, 0.25) is 0 Å². The highest BCUT2D eigenvalue weighted by molar-refractivity contribution is 5.04. The molecular weight excluding hydrogens is 236 g/mol. The molecule has 4 nitrogen and oxygen atoms in total. The molecule has 2 rings (SSSR count). The van der Waals surface area contributed by atoms with Gasteiger partial charge >= 0.3 is 0 Å². The molecule has 0 unspecified atom stereocenters. The summed E-state index contributed by atoms with van der Waals surface area (Å²) in [6.07, 6.45) is 6.15. The molecule has 0 aromatic carbocycles. The van der Waals surface area contributed by atoms with Crippen LogP contribution in [0.15, 0.2) is 36.7 Å². The Hall–Kier alpha value is -1.68. The van der Waals surface area contributed by atoms with E-state index in [4.69, 9.17) is 0 Å². The monoisotopic (exact) mass is 258 g/mol. The third-order valence-electron chi connectivity index (χ3n) is 3.32. The first kappa shape index (κ1) is 13.7. The van der Waals surface area contributed by atoms with E-state index in [1.165, 1.54) is 0 Å². The van der Waals surface area contributed by atoms with Gasteiger partial charge in [0.25, 0.3) is 0 Å². The van der Waals surface area contributed by atoms with Gasteiger partial charge in [0.15, 0.2) is 0 Å². The highest BCUT2D eigenvalue weighted by Gasteiger charge is 2.07. The molecule has 0 atom stereocenters. The molecule has 0 aliphatic rings. The van der Waals surface area contributed by atoms with E-state index in [1.807, 2.05) is 24.4 Å². The number of pyridine rings is 1. The van der Waals surface area contributed by atoms with Gasteiger partial charge in [-0.25, -0.2) is 0 Å². The van der Waals surface area contributed by atoms with E-state index in [-0.39, 0.29) is 0 Å². The Morgan fingerprint density at radius 1 is 1.11 bits per heavy atom. The standard InChI is InChI=1S/C15H22N4/c1-3-15(4-2)19-10-8-14(18-19)12-16-11-13-7-5-6-9-17-13/h5-10,15-16H,3-4,11-12H2,1-2H3. The second-order valence-corrected chi connectivity index (χ2v) is 4.68. The fraction of sp³-hybridized carbons (Fsp3) is 0.467. The van der Waals surface area contributed by atoms with Crippen LogP contribution in [0.25, 0.3) is 0 Å². The zero-order chi connectivity index (χ0) is 13.5. The highest BCUT2D eigenvalue weighted by Crippen LogP contribution is 2.14. The summed E-state index contributed by atoms with van der Waals surface area (Å²) < 4.78 is 2.08. The van der Waals surface area contributed by atoms with E-state index in [0.717, 1.165) is 37.3 Å². The summed E-state index contributed by atoms with van der Waals surface area (Å²) in [6, 6.07) is 8.57. The first-order valence-electron chi connectivity index (χ1n) is 6.98. The number of nitrogens with one attached hydrogen (secondary N) is 1. The molecule has 0 saturated carbocycles. The zero-order valence-corrected chi connectivity index (χ0v) is 11.7. The van der Waals surface area contributed by atoms with Gasteiger partial charge in [-0.15, -0.1) is 0 Å². The summed E-state index contributed by atoms with van der Waals surface area (Å²) in [7, 11) is 0. The lowest BCUT2D eigenvalue weighted by atomic mass is 10.2. The lowest BCUT2D eigenvalue weighted by Gasteiger charge is -2.12. The van der Waals surface area contributed by atoms with Gasteiger partial charge < -0.3 is 5.32 Å². The van der Waals surface area contributed by atoms with Crippen LogP contribution in [0.5, 0.6) is 0 Å². The Balaban J connectivity index is 1.83. The van der Waals surface area contributed by atoms with E-state index >= 15 is 0 Å². The van der Waals surface area contributed by atoms with E-state index in [2.05, 4.69) is 46.2 Å². The number of hydrogen-bond donors (Lipinski definition) is 1. The van der Waals surface area contributed by atoms with Crippen molar-refractivity contribution in [2.24, 2.45) is 0 Å². The Labute approximate surface area is 114 Å². The van der Waals surface area contributed by atoms with E-state index in [9.17, 15) is 0 Å². The van der Waals surface area contributed by atoms with Gasteiger partial charge in [-0.2, -0.15) is 5.10 Å². The second kappa shape index (κ2) is 7.04. The molecule has 4 heteroatoms. The molecule has 0 spiro atoms. The van der Waals surface area contributed by atoms with Crippen LogP contribution in [-0.2, 0) is 13.1 Å². The molecule has 2 aromatic rings. The number of rotatable bonds is 7. The van der Waals surface area contributed by atoms with Gasteiger partial charge in [0.05, 0.1) is 17.4 Å². The number of hydrogen-bond acceptors (Lipinski definition) is 3. The summed E-state index contributed by atoms with van der Waals surface area (Å²) in [5.41, 5.74) is 2.14. The lowest BCUT2D eigenvalue weighted by molar-refractivity contribution is 0.424. The van der Waals surface area contributed by atoms with Crippen molar-refractivity contribution < 1.29 is 0 Å². The summed E-state index contributed by atoms with van der Waals surface area (Å²) in [4.78, 5) is 4.28. The Bertz CT molecular complexity index is 474. The maximum Gasteiger partial charge on any atom is 0.0762 e. The molecule has 1 N–H and O–H groups in total. The molecule has 0 saturated heterocycles. The van der Waals surface area contributed by atoms with Crippen LogP contribution in [0.1, 0.15) is 44.1 Å². The van der Waals surface area contributed by atoms with Crippen molar-refractivity contribution in [3.63, 3.8) is 0 Å². The first-order chi connectivity index (χ1) is 9.33. The smallest absolute Gasteiger partial charge is 0.0762 e. The molecule has 0 radical (unpaired) electrons.